The number of hydrogen-bond donors (Lipinski definition) is 1. The normalized spacial score (nSPS) is 33.2. The number of likely N-dealkylation sites (tertiary alicyclic amines) is 1. The Labute approximate surface area is 124 Å². The Morgan fingerprint density at radius 3 is 2.55 bits per heavy atom. The van der Waals surface area contributed by atoms with E-state index in [1.54, 1.807) is 0 Å². The van der Waals surface area contributed by atoms with Crippen LogP contribution in [-0.4, -0.2) is 62.2 Å². The molecule has 1 N–H and O–H groups in total. The smallest absolute Gasteiger partial charge is 0.108 e. The van der Waals surface area contributed by atoms with E-state index in [-0.39, 0.29) is 5.54 Å². The van der Waals surface area contributed by atoms with E-state index in [0.717, 1.165) is 18.8 Å². The third-order valence-corrected chi connectivity index (χ3v) is 5.21. The van der Waals surface area contributed by atoms with Gasteiger partial charge in [0, 0.05) is 12.6 Å². The lowest BCUT2D eigenvalue weighted by Crippen LogP contribution is -2.53. The molecule has 0 aromatic rings. The van der Waals surface area contributed by atoms with Crippen LogP contribution in [-0.2, 0) is 0 Å². The highest BCUT2D eigenvalue weighted by Gasteiger charge is 2.38. The fourth-order valence-electron chi connectivity index (χ4n) is 3.96. The van der Waals surface area contributed by atoms with E-state index in [1.807, 2.05) is 7.05 Å². The topological polar surface area (TPSA) is 42.3 Å². The fraction of sp³-hybridized carbons (Fsp3) is 0.938. The largest absolute Gasteiger partial charge is 0.309 e. The second kappa shape index (κ2) is 6.89. The summed E-state index contributed by atoms with van der Waals surface area (Å²) in [5.74, 6) is 0.856. The molecule has 2 fully saturated rings. The first kappa shape index (κ1) is 15.8. The number of nitrogens with one attached hydrogen (secondary N) is 1. The Morgan fingerprint density at radius 2 is 2.00 bits per heavy atom. The summed E-state index contributed by atoms with van der Waals surface area (Å²) in [5.41, 5.74) is -0.274. The van der Waals surface area contributed by atoms with E-state index in [1.165, 1.54) is 45.3 Å². The molecule has 1 heterocycles. The van der Waals surface area contributed by atoms with Crippen molar-refractivity contribution in [2.24, 2.45) is 5.92 Å². The minimum atomic E-state index is -0.274. The maximum atomic E-state index is 9.46. The quantitative estimate of drug-likeness (QED) is 0.850. The first-order valence-corrected chi connectivity index (χ1v) is 8.07. The molecule has 0 spiro atoms. The third kappa shape index (κ3) is 3.72. The lowest BCUT2D eigenvalue weighted by Gasteiger charge is -2.44. The standard InChI is InChI=1S/C16H30N4/c1-18-16(13-17)8-4-5-15(11-16)20-9-6-14(7-10-20)12-19(2)3/h14-15,18H,4-12H2,1-3H3. The summed E-state index contributed by atoms with van der Waals surface area (Å²) in [6, 6.07) is 3.13. The molecule has 0 amide bonds. The number of hydrogen-bond acceptors (Lipinski definition) is 4. The number of piperidine rings is 1. The van der Waals surface area contributed by atoms with Crippen LogP contribution in [0.15, 0.2) is 0 Å². The van der Waals surface area contributed by atoms with Crippen LogP contribution >= 0.6 is 0 Å². The molecule has 2 atom stereocenters. The van der Waals surface area contributed by atoms with Gasteiger partial charge in [-0.25, -0.2) is 0 Å². The van der Waals surface area contributed by atoms with Crippen LogP contribution in [0.3, 0.4) is 0 Å². The summed E-state index contributed by atoms with van der Waals surface area (Å²) in [5, 5.41) is 12.7. The van der Waals surface area contributed by atoms with Crippen molar-refractivity contribution in [2.75, 3.05) is 40.8 Å². The lowest BCUT2D eigenvalue weighted by molar-refractivity contribution is 0.0792. The van der Waals surface area contributed by atoms with Gasteiger partial charge in [0.15, 0.2) is 0 Å². The molecule has 4 nitrogen and oxygen atoms in total. The summed E-state index contributed by atoms with van der Waals surface area (Å²) in [6.45, 7) is 3.65. The van der Waals surface area contributed by atoms with Crippen LogP contribution in [0.25, 0.3) is 0 Å². The van der Waals surface area contributed by atoms with Gasteiger partial charge in [0.05, 0.1) is 6.07 Å². The van der Waals surface area contributed by atoms with Crippen LogP contribution < -0.4 is 5.32 Å². The molecular formula is C16H30N4. The molecule has 2 aliphatic rings. The summed E-state index contributed by atoms with van der Waals surface area (Å²) in [4.78, 5) is 4.96. The van der Waals surface area contributed by atoms with Crippen molar-refractivity contribution in [1.82, 2.24) is 15.1 Å². The van der Waals surface area contributed by atoms with Crippen molar-refractivity contribution in [3.05, 3.63) is 0 Å². The Bertz CT molecular complexity index is 341. The molecule has 1 saturated heterocycles. The Morgan fingerprint density at radius 1 is 1.30 bits per heavy atom. The van der Waals surface area contributed by atoms with E-state index in [2.05, 4.69) is 35.3 Å². The number of nitriles is 1. The molecule has 2 rings (SSSR count). The summed E-state index contributed by atoms with van der Waals surface area (Å²) < 4.78 is 0. The highest BCUT2D eigenvalue weighted by Crippen LogP contribution is 2.32. The Kier molecular flexibility index (Phi) is 5.42. The van der Waals surface area contributed by atoms with E-state index < -0.39 is 0 Å². The molecule has 0 aromatic heterocycles. The fourth-order valence-corrected chi connectivity index (χ4v) is 3.96. The predicted molar refractivity (Wildman–Crippen MR) is 82.5 cm³/mol. The monoisotopic (exact) mass is 278 g/mol. The van der Waals surface area contributed by atoms with Gasteiger partial charge >= 0.3 is 0 Å². The Hall–Kier alpha value is -0.630. The van der Waals surface area contributed by atoms with Crippen molar-refractivity contribution >= 4 is 0 Å². The van der Waals surface area contributed by atoms with Gasteiger partial charge in [-0.15, -0.1) is 0 Å². The molecule has 0 bridgehead atoms. The van der Waals surface area contributed by atoms with Crippen LogP contribution in [0.5, 0.6) is 0 Å². The van der Waals surface area contributed by atoms with E-state index in [9.17, 15) is 5.26 Å². The van der Waals surface area contributed by atoms with Gasteiger partial charge in [0.1, 0.15) is 5.54 Å². The predicted octanol–water partition coefficient (Wildman–Crippen LogP) is 1.68. The molecule has 4 heteroatoms. The van der Waals surface area contributed by atoms with Gasteiger partial charge in [0.2, 0.25) is 0 Å². The van der Waals surface area contributed by atoms with Crippen molar-refractivity contribution in [3.63, 3.8) is 0 Å². The number of nitrogens with zero attached hydrogens (tertiary/aromatic N) is 3. The van der Waals surface area contributed by atoms with Gasteiger partial charge in [-0.3, -0.25) is 0 Å². The van der Waals surface area contributed by atoms with E-state index in [0.29, 0.717) is 6.04 Å². The minimum absolute atomic E-state index is 0.274. The highest BCUT2D eigenvalue weighted by molar-refractivity contribution is 5.10. The molecular weight excluding hydrogens is 248 g/mol. The van der Waals surface area contributed by atoms with E-state index in [4.69, 9.17) is 0 Å². The molecule has 1 saturated carbocycles. The molecule has 0 radical (unpaired) electrons. The summed E-state index contributed by atoms with van der Waals surface area (Å²) in [7, 11) is 6.28. The third-order valence-electron chi connectivity index (χ3n) is 5.21. The zero-order valence-corrected chi connectivity index (χ0v) is 13.4. The van der Waals surface area contributed by atoms with Crippen LogP contribution in [0.2, 0.25) is 0 Å². The zero-order chi connectivity index (χ0) is 14.6. The summed E-state index contributed by atoms with van der Waals surface area (Å²) in [6.07, 6.45) is 7.08. The molecule has 20 heavy (non-hydrogen) atoms. The molecule has 114 valence electrons. The zero-order valence-electron chi connectivity index (χ0n) is 13.4. The van der Waals surface area contributed by atoms with Gasteiger partial charge in [-0.1, -0.05) is 0 Å². The first-order chi connectivity index (χ1) is 9.58. The van der Waals surface area contributed by atoms with Gasteiger partial charge in [0.25, 0.3) is 0 Å². The van der Waals surface area contributed by atoms with Crippen molar-refractivity contribution < 1.29 is 0 Å². The van der Waals surface area contributed by atoms with Gasteiger partial charge < -0.3 is 15.1 Å². The van der Waals surface area contributed by atoms with Crippen LogP contribution in [0.1, 0.15) is 38.5 Å². The average Bonchev–Trinajstić information content (AvgIpc) is 2.47. The van der Waals surface area contributed by atoms with Gasteiger partial charge in [-0.05, 0) is 78.7 Å². The molecule has 1 aliphatic carbocycles. The second-order valence-corrected chi connectivity index (χ2v) is 6.94. The molecule has 2 unspecified atom stereocenters. The maximum Gasteiger partial charge on any atom is 0.108 e. The Balaban J connectivity index is 1.86. The first-order valence-electron chi connectivity index (χ1n) is 8.07. The molecule has 1 aliphatic heterocycles. The molecule has 0 aromatic carbocycles. The van der Waals surface area contributed by atoms with Crippen molar-refractivity contribution in [2.45, 2.75) is 50.1 Å². The lowest BCUT2D eigenvalue weighted by atomic mass is 9.78. The SMILES string of the molecule is CNC1(C#N)CCCC(N2CCC(CN(C)C)CC2)C1. The van der Waals surface area contributed by atoms with E-state index >= 15 is 0 Å². The van der Waals surface area contributed by atoms with Crippen molar-refractivity contribution in [3.8, 4) is 6.07 Å². The number of rotatable bonds is 4. The minimum Gasteiger partial charge on any atom is -0.309 e. The van der Waals surface area contributed by atoms with Gasteiger partial charge in [-0.2, -0.15) is 5.26 Å². The maximum absolute atomic E-state index is 9.46. The summed E-state index contributed by atoms with van der Waals surface area (Å²) >= 11 is 0. The van der Waals surface area contributed by atoms with Crippen LogP contribution in [0.4, 0.5) is 0 Å². The van der Waals surface area contributed by atoms with Crippen LogP contribution in [0, 0.1) is 17.2 Å². The van der Waals surface area contributed by atoms with Crippen molar-refractivity contribution in [1.29, 1.82) is 5.26 Å². The average molecular weight is 278 g/mol. The second-order valence-electron chi connectivity index (χ2n) is 6.94. The highest BCUT2D eigenvalue weighted by atomic mass is 15.2.